The summed E-state index contributed by atoms with van der Waals surface area (Å²) < 4.78 is 16.1. The van der Waals surface area contributed by atoms with E-state index < -0.39 is 11.4 Å². The number of aromatic nitrogens is 3. The molecule has 0 unspecified atom stereocenters. The van der Waals surface area contributed by atoms with Gasteiger partial charge in [0.05, 0.1) is 25.6 Å². The third-order valence-electron chi connectivity index (χ3n) is 6.10. The molecule has 1 heterocycles. The summed E-state index contributed by atoms with van der Waals surface area (Å²) >= 11 is 0. The summed E-state index contributed by atoms with van der Waals surface area (Å²) in [5, 5.41) is 11.5. The van der Waals surface area contributed by atoms with Crippen LogP contribution in [0.1, 0.15) is 46.0 Å². The number of hydrogen-bond acceptors (Lipinski definition) is 7. The van der Waals surface area contributed by atoms with Crippen molar-refractivity contribution in [3.8, 4) is 17.2 Å². The quantitative estimate of drug-likeness (QED) is 0.314. The maximum Gasteiger partial charge on any atom is 0.360 e. The molecule has 196 valence electrons. The van der Waals surface area contributed by atoms with E-state index in [-0.39, 0.29) is 18.2 Å². The number of carbonyl (C=O) groups is 2. The Kier molecular flexibility index (Phi) is 7.76. The fourth-order valence-corrected chi connectivity index (χ4v) is 3.83. The van der Waals surface area contributed by atoms with Crippen LogP contribution in [0.2, 0.25) is 0 Å². The maximum atomic E-state index is 12.8. The number of para-hydroxylation sites is 1. The highest BCUT2D eigenvalue weighted by Gasteiger charge is 2.25. The average molecular weight is 515 g/mol. The number of hydrogen-bond donors (Lipinski definition) is 1. The molecule has 4 rings (SSSR count). The topological polar surface area (TPSA) is 105 Å². The van der Waals surface area contributed by atoms with E-state index in [0.717, 1.165) is 11.3 Å². The van der Waals surface area contributed by atoms with Crippen molar-refractivity contribution in [1.29, 1.82) is 0 Å². The lowest BCUT2D eigenvalue weighted by atomic mass is 9.85. The predicted molar refractivity (Wildman–Crippen MR) is 143 cm³/mol. The van der Waals surface area contributed by atoms with Crippen molar-refractivity contribution in [1.82, 2.24) is 15.0 Å². The van der Waals surface area contributed by atoms with Gasteiger partial charge >= 0.3 is 5.97 Å². The number of rotatable bonds is 9. The second-order valence-corrected chi connectivity index (χ2v) is 9.32. The van der Waals surface area contributed by atoms with Gasteiger partial charge in [0.25, 0.3) is 5.91 Å². The highest BCUT2D eigenvalue weighted by molar-refractivity contribution is 6.04. The highest BCUT2D eigenvalue weighted by atomic mass is 16.5. The second-order valence-electron chi connectivity index (χ2n) is 9.32. The van der Waals surface area contributed by atoms with E-state index in [2.05, 4.69) is 15.5 Å². The molecule has 0 aliphatic carbocycles. The van der Waals surface area contributed by atoms with Crippen LogP contribution in [-0.4, -0.2) is 47.7 Å². The van der Waals surface area contributed by atoms with Crippen LogP contribution in [0.4, 0.5) is 5.69 Å². The standard InChI is InChI=1S/C29H30N4O5/c1-19-26(32-33(31-19)23-9-7-6-8-10-23)28(35)38-18-29(2,3)21-12-14-22(15-13-21)30-27(34)20-11-16-24(36-4)25(17-20)37-5/h6-17H,18H2,1-5H3,(H,30,34). The first-order valence-corrected chi connectivity index (χ1v) is 12.0. The number of anilines is 1. The number of ether oxygens (including phenoxy) is 3. The van der Waals surface area contributed by atoms with Gasteiger partial charge in [0.1, 0.15) is 6.61 Å². The molecular weight excluding hydrogens is 484 g/mol. The van der Waals surface area contributed by atoms with E-state index in [1.807, 2.05) is 68.4 Å². The minimum absolute atomic E-state index is 0.140. The fourth-order valence-electron chi connectivity index (χ4n) is 3.83. The number of methoxy groups -OCH3 is 2. The molecule has 0 fully saturated rings. The molecule has 4 aromatic rings. The number of carbonyl (C=O) groups excluding carboxylic acids is 2. The van der Waals surface area contributed by atoms with E-state index in [4.69, 9.17) is 14.2 Å². The zero-order chi connectivity index (χ0) is 27.3. The molecule has 38 heavy (non-hydrogen) atoms. The minimum atomic E-state index is -0.531. The number of nitrogens with one attached hydrogen (secondary N) is 1. The number of benzene rings is 3. The molecule has 0 atom stereocenters. The van der Waals surface area contributed by atoms with E-state index >= 15 is 0 Å². The van der Waals surface area contributed by atoms with Crippen molar-refractivity contribution >= 4 is 17.6 Å². The van der Waals surface area contributed by atoms with Crippen LogP contribution in [-0.2, 0) is 10.2 Å². The normalized spacial score (nSPS) is 11.1. The molecule has 0 spiro atoms. The third kappa shape index (κ3) is 5.83. The van der Waals surface area contributed by atoms with Crippen LogP contribution in [0, 0.1) is 6.92 Å². The van der Waals surface area contributed by atoms with Crippen LogP contribution in [0.3, 0.4) is 0 Å². The van der Waals surface area contributed by atoms with Gasteiger partial charge in [-0.25, -0.2) is 4.79 Å². The Hall–Kier alpha value is -4.66. The Morgan fingerprint density at radius 2 is 1.58 bits per heavy atom. The lowest BCUT2D eigenvalue weighted by Crippen LogP contribution is -2.26. The molecule has 1 aromatic heterocycles. The first-order chi connectivity index (χ1) is 18.2. The van der Waals surface area contributed by atoms with Crippen molar-refractivity contribution in [3.63, 3.8) is 0 Å². The smallest absolute Gasteiger partial charge is 0.360 e. The van der Waals surface area contributed by atoms with E-state index in [1.165, 1.54) is 11.9 Å². The number of aryl methyl sites for hydroxylation is 1. The molecule has 0 saturated heterocycles. The SMILES string of the molecule is COc1ccc(C(=O)Nc2ccc(C(C)(C)COC(=O)c3nn(-c4ccccc4)nc3C)cc2)cc1OC. The molecule has 3 aromatic carbocycles. The summed E-state index contributed by atoms with van der Waals surface area (Å²) in [6.07, 6.45) is 0. The lowest BCUT2D eigenvalue weighted by Gasteiger charge is -2.25. The van der Waals surface area contributed by atoms with Crippen molar-refractivity contribution in [2.24, 2.45) is 0 Å². The molecule has 0 bridgehead atoms. The van der Waals surface area contributed by atoms with Gasteiger partial charge in [-0.1, -0.05) is 44.2 Å². The Labute approximate surface area is 221 Å². The predicted octanol–water partition coefficient (Wildman–Crippen LogP) is 4.98. The summed E-state index contributed by atoms with van der Waals surface area (Å²) in [6, 6.07) is 21.8. The van der Waals surface area contributed by atoms with Crippen molar-refractivity contribution < 1.29 is 23.8 Å². The Balaban J connectivity index is 1.38. The van der Waals surface area contributed by atoms with Crippen LogP contribution >= 0.6 is 0 Å². The van der Waals surface area contributed by atoms with Crippen LogP contribution in [0.5, 0.6) is 11.5 Å². The minimum Gasteiger partial charge on any atom is -0.493 e. The zero-order valence-corrected chi connectivity index (χ0v) is 22.0. The highest BCUT2D eigenvalue weighted by Crippen LogP contribution is 2.29. The molecule has 0 aliphatic heterocycles. The van der Waals surface area contributed by atoms with E-state index in [9.17, 15) is 9.59 Å². The van der Waals surface area contributed by atoms with Gasteiger partial charge in [0.2, 0.25) is 0 Å². The van der Waals surface area contributed by atoms with Gasteiger partial charge in [0, 0.05) is 16.7 Å². The third-order valence-corrected chi connectivity index (χ3v) is 6.10. The van der Waals surface area contributed by atoms with Gasteiger partial charge < -0.3 is 19.5 Å². The molecule has 9 nitrogen and oxygen atoms in total. The monoisotopic (exact) mass is 514 g/mol. The molecular formula is C29H30N4O5. The van der Waals surface area contributed by atoms with Gasteiger partial charge in [-0.15, -0.1) is 5.10 Å². The molecule has 0 radical (unpaired) electrons. The first kappa shape index (κ1) is 26.4. The van der Waals surface area contributed by atoms with E-state index in [0.29, 0.717) is 28.4 Å². The zero-order valence-electron chi connectivity index (χ0n) is 22.0. The van der Waals surface area contributed by atoms with Crippen LogP contribution in [0.15, 0.2) is 72.8 Å². The summed E-state index contributed by atoms with van der Waals surface area (Å²) in [4.78, 5) is 26.9. The summed E-state index contributed by atoms with van der Waals surface area (Å²) in [5.41, 5.74) is 2.97. The fraction of sp³-hybridized carbons (Fsp3) is 0.241. The number of esters is 1. The van der Waals surface area contributed by atoms with Gasteiger partial charge in [-0.2, -0.15) is 9.90 Å². The Bertz CT molecular complexity index is 1430. The van der Waals surface area contributed by atoms with Crippen LogP contribution < -0.4 is 14.8 Å². The number of amides is 1. The van der Waals surface area contributed by atoms with Crippen molar-refractivity contribution in [2.45, 2.75) is 26.2 Å². The summed E-state index contributed by atoms with van der Waals surface area (Å²) in [6.45, 7) is 5.82. The van der Waals surface area contributed by atoms with Crippen molar-refractivity contribution in [2.75, 3.05) is 26.1 Å². The summed E-state index contributed by atoms with van der Waals surface area (Å²) in [5.74, 6) is 0.222. The van der Waals surface area contributed by atoms with E-state index in [1.54, 1.807) is 32.2 Å². The largest absolute Gasteiger partial charge is 0.493 e. The van der Waals surface area contributed by atoms with Gasteiger partial charge in [-0.05, 0) is 55.0 Å². The Morgan fingerprint density at radius 3 is 2.24 bits per heavy atom. The van der Waals surface area contributed by atoms with Crippen molar-refractivity contribution in [3.05, 3.63) is 95.3 Å². The number of nitrogens with zero attached hydrogens (tertiary/aromatic N) is 3. The van der Waals surface area contributed by atoms with Gasteiger partial charge in [-0.3, -0.25) is 4.79 Å². The van der Waals surface area contributed by atoms with Gasteiger partial charge in [0.15, 0.2) is 17.2 Å². The lowest BCUT2D eigenvalue weighted by molar-refractivity contribution is 0.0418. The second kappa shape index (κ2) is 11.2. The molecule has 0 saturated carbocycles. The Morgan fingerprint density at radius 1 is 0.895 bits per heavy atom. The molecule has 1 N–H and O–H groups in total. The first-order valence-electron chi connectivity index (χ1n) is 12.0. The summed E-state index contributed by atoms with van der Waals surface area (Å²) in [7, 11) is 3.06. The molecule has 9 heteroatoms. The average Bonchev–Trinajstić information content (AvgIpc) is 3.33. The van der Waals surface area contributed by atoms with Crippen LogP contribution in [0.25, 0.3) is 5.69 Å². The molecule has 1 amide bonds. The molecule has 0 aliphatic rings. The maximum absolute atomic E-state index is 12.8.